The first kappa shape index (κ1) is 10.8. The van der Waals surface area contributed by atoms with Crippen molar-refractivity contribution in [1.82, 2.24) is 0 Å². The number of benzene rings is 1. The largest absolute Gasteiger partial charge is 0.368 e. The first-order valence-electron chi connectivity index (χ1n) is 5.65. The maximum absolute atomic E-state index is 8.70. The van der Waals surface area contributed by atoms with Crippen LogP contribution in [0.3, 0.4) is 0 Å². The Hall–Kier alpha value is -1.75. The van der Waals surface area contributed by atoms with E-state index in [2.05, 4.69) is 48.7 Å². The van der Waals surface area contributed by atoms with Gasteiger partial charge in [-0.05, 0) is 31.4 Å². The Morgan fingerprint density at radius 3 is 3.06 bits per heavy atom. The van der Waals surface area contributed by atoms with Gasteiger partial charge in [0.1, 0.15) is 0 Å². The van der Waals surface area contributed by atoms with E-state index < -0.39 is 0 Å². The highest BCUT2D eigenvalue weighted by atomic mass is 15.2. The minimum Gasteiger partial charge on any atom is -0.368 e. The minimum atomic E-state index is 0.531. The van der Waals surface area contributed by atoms with Gasteiger partial charge in [0, 0.05) is 23.8 Å². The van der Waals surface area contributed by atoms with Gasteiger partial charge in [-0.15, -0.1) is 0 Å². The molecule has 1 aromatic rings. The summed E-state index contributed by atoms with van der Waals surface area (Å²) in [7, 11) is 0. The smallest absolute Gasteiger partial charge is 0.0941 e. The Balaban J connectivity index is 2.11. The number of nitriles is 1. The molecule has 0 aliphatic carbocycles. The molecule has 0 radical (unpaired) electrons. The van der Waals surface area contributed by atoms with Gasteiger partial charge < -0.3 is 4.90 Å². The third kappa shape index (κ3) is 1.94. The van der Waals surface area contributed by atoms with E-state index in [0.29, 0.717) is 11.6 Å². The fourth-order valence-electron chi connectivity index (χ4n) is 2.28. The van der Waals surface area contributed by atoms with E-state index in [-0.39, 0.29) is 0 Å². The zero-order valence-corrected chi connectivity index (χ0v) is 9.61. The number of para-hydroxylation sites is 1. The van der Waals surface area contributed by atoms with Crippen LogP contribution in [0, 0.1) is 11.3 Å². The average molecular weight is 212 g/mol. The van der Waals surface area contributed by atoms with Crippen molar-refractivity contribution in [3.63, 3.8) is 0 Å². The second kappa shape index (κ2) is 4.40. The molecule has 2 heteroatoms. The van der Waals surface area contributed by atoms with Gasteiger partial charge in [-0.25, -0.2) is 0 Å². The van der Waals surface area contributed by atoms with Crippen LogP contribution in [-0.4, -0.2) is 12.6 Å². The second-order valence-corrected chi connectivity index (χ2v) is 4.34. The molecule has 0 aromatic heterocycles. The van der Waals surface area contributed by atoms with E-state index in [4.69, 9.17) is 5.26 Å². The van der Waals surface area contributed by atoms with Crippen molar-refractivity contribution < 1.29 is 0 Å². The fraction of sp³-hybridized carbons (Fsp3) is 0.357. The zero-order chi connectivity index (χ0) is 11.5. The van der Waals surface area contributed by atoms with Crippen molar-refractivity contribution in [2.75, 3.05) is 11.4 Å². The van der Waals surface area contributed by atoms with Crippen LogP contribution in [0.15, 0.2) is 36.4 Å². The summed E-state index contributed by atoms with van der Waals surface area (Å²) in [4.78, 5) is 2.37. The van der Waals surface area contributed by atoms with Crippen LogP contribution in [0.25, 0.3) is 0 Å². The lowest BCUT2D eigenvalue weighted by Gasteiger charge is -2.24. The van der Waals surface area contributed by atoms with Crippen LogP contribution in [-0.2, 0) is 6.42 Å². The van der Waals surface area contributed by atoms with Gasteiger partial charge in [-0.1, -0.05) is 24.8 Å². The Labute approximate surface area is 96.8 Å². The molecule has 16 heavy (non-hydrogen) atoms. The summed E-state index contributed by atoms with van der Waals surface area (Å²) in [5.41, 5.74) is 3.40. The molecule has 0 N–H and O–H groups in total. The third-order valence-electron chi connectivity index (χ3n) is 3.16. The Morgan fingerprint density at radius 2 is 2.31 bits per heavy atom. The van der Waals surface area contributed by atoms with Crippen LogP contribution in [0.4, 0.5) is 5.69 Å². The SMILES string of the molecule is C=C(C#N)CCN1c2ccccc2CC1C. The molecule has 1 aliphatic rings. The molecule has 82 valence electrons. The van der Waals surface area contributed by atoms with Crippen LogP contribution < -0.4 is 4.90 Å². The molecule has 2 rings (SSSR count). The Bertz CT molecular complexity index is 442. The number of nitrogens with zero attached hydrogens (tertiary/aromatic N) is 2. The number of anilines is 1. The molecule has 1 atom stereocenters. The molecule has 1 heterocycles. The molecule has 0 amide bonds. The van der Waals surface area contributed by atoms with E-state index >= 15 is 0 Å². The van der Waals surface area contributed by atoms with Crippen molar-refractivity contribution in [1.29, 1.82) is 5.26 Å². The maximum atomic E-state index is 8.70. The summed E-state index contributed by atoms with van der Waals surface area (Å²) < 4.78 is 0. The van der Waals surface area contributed by atoms with E-state index in [9.17, 15) is 0 Å². The van der Waals surface area contributed by atoms with E-state index in [1.807, 2.05) is 0 Å². The van der Waals surface area contributed by atoms with Gasteiger partial charge in [0.15, 0.2) is 0 Å². The molecular formula is C14H16N2. The molecule has 0 spiro atoms. The topological polar surface area (TPSA) is 27.0 Å². The van der Waals surface area contributed by atoms with E-state index in [1.54, 1.807) is 0 Å². The number of rotatable bonds is 3. The quantitative estimate of drug-likeness (QED) is 0.720. The Kier molecular flexibility index (Phi) is 2.96. The third-order valence-corrected chi connectivity index (χ3v) is 3.16. The summed E-state index contributed by atoms with van der Waals surface area (Å²) >= 11 is 0. The van der Waals surface area contributed by atoms with Crippen molar-refractivity contribution in [2.24, 2.45) is 0 Å². The standard InChI is InChI=1S/C14H16N2/c1-11(10-15)7-8-16-12(2)9-13-5-3-4-6-14(13)16/h3-6,12H,1,7-9H2,2H3. The first-order chi connectivity index (χ1) is 7.72. The summed E-state index contributed by atoms with van der Waals surface area (Å²) in [5.74, 6) is 0. The molecule has 0 saturated carbocycles. The molecular weight excluding hydrogens is 196 g/mol. The van der Waals surface area contributed by atoms with Gasteiger partial charge >= 0.3 is 0 Å². The number of fused-ring (bicyclic) bond motifs is 1. The summed E-state index contributed by atoms with van der Waals surface area (Å²) in [6, 6.07) is 11.1. The van der Waals surface area contributed by atoms with Gasteiger partial charge in [0.25, 0.3) is 0 Å². The van der Waals surface area contributed by atoms with Crippen LogP contribution in [0.1, 0.15) is 18.9 Å². The summed E-state index contributed by atoms with van der Waals surface area (Å²) in [6.45, 7) is 6.85. The normalized spacial score (nSPS) is 18.0. The Morgan fingerprint density at radius 1 is 1.56 bits per heavy atom. The molecule has 2 nitrogen and oxygen atoms in total. The molecule has 1 aromatic carbocycles. The highest BCUT2D eigenvalue weighted by Gasteiger charge is 2.24. The van der Waals surface area contributed by atoms with Crippen LogP contribution in [0.2, 0.25) is 0 Å². The highest BCUT2D eigenvalue weighted by molar-refractivity contribution is 5.59. The molecule has 0 bridgehead atoms. The lowest BCUT2D eigenvalue weighted by atomic mass is 10.1. The van der Waals surface area contributed by atoms with Gasteiger partial charge in [-0.3, -0.25) is 0 Å². The molecule has 1 aliphatic heterocycles. The summed E-state index contributed by atoms with van der Waals surface area (Å²) in [6.07, 6.45) is 1.87. The van der Waals surface area contributed by atoms with Gasteiger partial charge in [0.2, 0.25) is 0 Å². The molecule has 0 saturated heterocycles. The lowest BCUT2D eigenvalue weighted by Crippen LogP contribution is -2.30. The lowest BCUT2D eigenvalue weighted by molar-refractivity contribution is 0.671. The van der Waals surface area contributed by atoms with E-state index in [0.717, 1.165) is 19.4 Å². The van der Waals surface area contributed by atoms with Crippen molar-refractivity contribution in [2.45, 2.75) is 25.8 Å². The average Bonchev–Trinajstić information content (AvgIpc) is 2.62. The zero-order valence-electron chi connectivity index (χ0n) is 9.61. The molecule has 0 fully saturated rings. The van der Waals surface area contributed by atoms with Gasteiger partial charge in [-0.2, -0.15) is 5.26 Å². The predicted octanol–water partition coefficient (Wildman–Crippen LogP) is 2.91. The van der Waals surface area contributed by atoms with E-state index in [1.165, 1.54) is 11.3 Å². The first-order valence-corrected chi connectivity index (χ1v) is 5.65. The maximum Gasteiger partial charge on any atom is 0.0941 e. The summed E-state index contributed by atoms with van der Waals surface area (Å²) in [5, 5.41) is 8.70. The number of hydrogen-bond donors (Lipinski definition) is 0. The highest BCUT2D eigenvalue weighted by Crippen LogP contribution is 2.31. The second-order valence-electron chi connectivity index (χ2n) is 4.34. The van der Waals surface area contributed by atoms with Crippen molar-refractivity contribution >= 4 is 5.69 Å². The fourth-order valence-corrected chi connectivity index (χ4v) is 2.28. The van der Waals surface area contributed by atoms with Crippen LogP contribution in [0.5, 0.6) is 0 Å². The molecule has 1 unspecified atom stereocenters. The minimum absolute atomic E-state index is 0.531. The number of hydrogen-bond acceptors (Lipinski definition) is 2. The van der Waals surface area contributed by atoms with Gasteiger partial charge in [0.05, 0.1) is 6.07 Å². The van der Waals surface area contributed by atoms with Crippen LogP contribution >= 0.6 is 0 Å². The van der Waals surface area contributed by atoms with Crippen molar-refractivity contribution in [3.05, 3.63) is 42.0 Å². The van der Waals surface area contributed by atoms with Crippen molar-refractivity contribution in [3.8, 4) is 6.07 Å². The monoisotopic (exact) mass is 212 g/mol. The predicted molar refractivity (Wildman–Crippen MR) is 66.3 cm³/mol.